The van der Waals surface area contributed by atoms with Gasteiger partial charge in [-0.3, -0.25) is 0 Å². The van der Waals surface area contributed by atoms with Crippen molar-refractivity contribution in [2.45, 2.75) is 59.0 Å². The van der Waals surface area contributed by atoms with Crippen molar-refractivity contribution < 1.29 is 9.84 Å². The first kappa shape index (κ1) is 15.0. The van der Waals surface area contributed by atoms with Gasteiger partial charge in [-0.05, 0) is 37.8 Å². The molecule has 0 amide bonds. The number of hydrogen-bond donors (Lipinski definition) is 1. The van der Waals surface area contributed by atoms with Crippen LogP contribution in [0, 0.1) is 6.92 Å². The second-order valence-corrected chi connectivity index (χ2v) is 6.66. The van der Waals surface area contributed by atoms with E-state index in [-0.39, 0.29) is 5.41 Å². The summed E-state index contributed by atoms with van der Waals surface area (Å²) in [5.74, 6) is 0.928. The van der Waals surface area contributed by atoms with Crippen LogP contribution in [0.4, 0.5) is 0 Å². The van der Waals surface area contributed by atoms with E-state index >= 15 is 0 Å². The molecule has 0 unspecified atom stereocenters. The fraction of sp³-hybridized carbons (Fsp3) is 0.625. The minimum Gasteiger partial charge on any atom is -0.493 e. The molecule has 0 atom stereocenters. The first-order chi connectivity index (χ1) is 8.09. The third kappa shape index (κ3) is 4.69. The number of ether oxygens (including phenoxy) is 1. The Morgan fingerprint density at radius 2 is 1.72 bits per heavy atom. The molecule has 0 heterocycles. The van der Waals surface area contributed by atoms with Gasteiger partial charge in [-0.15, -0.1) is 0 Å². The fourth-order valence-electron chi connectivity index (χ4n) is 1.77. The first-order valence-electron chi connectivity index (χ1n) is 6.56. The van der Waals surface area contributed by atoms with E-state index in [4.69, 9.17) is 4.74 Å². The topological polar surface area (TPSA) is 29.5 Å². The van der Waals surface area contributed by atoms with Gasteiger partial charge in [0.15, 0.2) is 0 Å². The molecule has 0 aliphatic heterocycles. The molecule has 1 aromatic rings. The summed E-state index contributed by atoms with van der Waals surface area (Å²) >= 11 is 0. The summed E-state index contributed by atoms with van der Waals surface area (Å²) in [7, 11) is 0. The van der Waals surface area contributed by atoms with E-state index in [1.807, 2.05) is 6.07 Å². The molecule has 2 nitrogen and oxygen atoms in total. The number of benzene rings is 1. The first-order valence-corrected chi connectivity index (χ1v) is 6.56. The Bertz CT molecular complexity index is 395. The van der Waals surface area contributed by atoms with E-state index in [2.05, 4.69) is 39.8 Å². The fourth-order valence-corrected chi connectivity index (χ4v) is 1.77. The lowest BCUT2D eigenvalue weighted by Gasteiger charge is -2.24. The standard InChI is InChI=1S/C16H26O2/c1-12-7-8-14(13(11-12)15(2,3)4)18-10-9-16(5,6)17/h7-8,11,17H,9-10H2,1-6H3. The van der Waals surface area contributed by atoms with Crippen LogP contribution in [-0.2, 0) is 5.41 Å². The van der Waals surface area contributed by atoms with Crippen molar-refractivity contribution in [3.63, 3.8) is 0 Å². The maximum Gasteiger partial charge on any atom is 0.123 e. The number of aryl methyl sites for hydroxylation is 1. The van der Waals surface area contributed by atoms with E-state index in [0.717, 1.165) is 5.75 Å². The van der Waals surface area contributed by atoms with Crippen LogP contribution in [0.15, 0.2) is 18.2 Å². The molecule has 0 spiro atoms. The highest BCUT2D eigenvalue weighted by molar-refractivity contribution is 5.41. The van der Waals surface area contributed by atoms with Crippen LogP contribution in [0.1, 0.15) is 52.2 Å². The summed E-state index contributed by atoms with van der Waals surface area (Å²) < 4.78 is 5.83. The summed E-state index contributed by atoms with van der Waals surface area (Å²) in [5.41, 5.74) is 1.86. The minimum absolute atomic E-state index is 0.0656. The molecule has 0 bridgehead atoms. The highest BCUT2D eigenvalue weighted by Crippen LogP contribution is 2.32. The van der Waals surface area contributed by atoms with Gasteiger partial charge in [0.1, 0.15) is 5.75 Å². The monoisotopic (exact) mass is 250 g/mol. The average molecular weight is 250 g/mol. The van der Waals surface area contributed by atoms with Crippen molar-refractivity contribution in [2.75, 3.05) is 6.61 Å². The van der Waals surface area contributed by atoms with Gasteiger partial charge in [0.05, 0.1) is 12.2 Å². The van der Waals surface area contributed by atoms with Crippen molar-refractivity contribution >= 4 is 0 Å². The molecule has 102 valence electrons. The van der Waals surface area contributed by atoms with Crippen LogP contribution in [0.2, 0.25) is 0 Å². The Morgan fingerprint density at radius 3 is 2.22 bits per heavy atom. The van der Waals surface area contributed by atoms with Crippen LogP contribution < -0.4 is 4.74 Å². The second-order valence-electron chi connectivity index (χ2n) is 6.66. The number of rotatable bonds is 4. The van der Waals surface area contributed by atoms with Crippen LogP contribution in [0.5, 0.6) is 5.75 Å². The van der Waals surface area contributed by atoms with E-state index in [0.29, 0.717) is 13.0 Å². The highest BCUT2D eigenvalue weighted by Gasteiger charge is 2.20. The van der Waals surface area contributed by atoms with Gasteiger partial charge in [0.25, 0.3) is 0 Å². The zero-order valence-corrected chi connectivity index (χ0v) is 12.5. The Balaban J connectivity index is 2.83. The SMILES string of the molecule is Cc1ccc(OCCC(C)(C)O)c(C(C)(C)C)c1. The van der Waals surface area contributed by atoms with Crippen LogP contribution in [0.25, 0.3) is 0 Å². The van der Waals surface area contributed by atoms with E-state index in [1.165, 1.54) is 11.1 Å². The Morgan fingerprint density at radius 1 is 1.11 bits per heavy atom. The largest absolute Gasteiger partial charge is 0.493 e. The molecule has 0 saturated carbocycles. The van der Waals surface area contributed by atoms with Gasteiger partial charge in [-0.25, -0.2) is 0 Å². The van der Waals surface area contributed by atoms with Gasteiger partial charge in [-0.2, -0.15) is 0 Å². The lowest BCUT2D eigenvalue weighted by atomic mass is 9.85. The van der Waals surface area contributed by atoms with Crippen molar-refractivity contribution in [3.8, 4) is 5.75 Å². The molecule has 2 heteroatoms. The molecule has 1 aromatic carbocycles. The quantitative estimate of drug-likeness (QED) is 0.880. The molecule has 1 N–H and O–H groups in total. The molecule has 18 heavy (non-hydrogen) atoms. The molecule has 0 aliphatic rings. The average Bonchev–Trinajstić information content (AvgIpc) is 2.17. The van der Waals surface area contributed by atoms with Crippen molar-refractivity contribution in [3.05, 3.63) is 29.3 Å². The number of aliphatic hydroxyl groups is 1. The molecule has 0 aromatic heterocycles. The van der Waals surface area contributed by atoms with Crippen molar-refractivity contribution in [2.24, 2.45) is 0 Å². The molecule has 0 radical (unpaired) electrons. The van der Waals surface area contributed by atoms with Crippen LogP contribution in [0.3, 0.4) is 0 Å². The van der Waals surface area contributed by atoms with Gasteiger partial charge in [0.2, 0.25) is 0 Å². The maximum atomic E-state index is 9.69. The van der Waals surface area contributed by atoms with Gasteiger partial charge in [0, 0.05) is 6.42 Å². The molecular formula is C16H26O2. The molecule has 0 saturated heterocycles. The zero-order valence-electron chi connectivity index (χ0n) is 12.5. The third-order valence-corrected chi connectivity index (χ3v) is 2.91. The predicted octanol–water partition coefficient (Wildman–Crippen LogP) is 3.83. The predicted molar refractivity (Wildman–Crippen MR) is 76.3 cm³/mol. The Kier molecular flexibility index (Phi) is 4.44. The maximum absolute atomic E-state index is 9.69. The smallest absolute Gasteiger partial charge is 0.123 e. The van der Waals surface area contributed by atoms with Crippen LogP contribution >= 0.6 is 0 Å². The Labute approximate surface area is 111 Å². The van der Waals surface area contributed by atoms with Crippen molar-refractivity contribution in [1.82, 2.24) is 0 Å². The molecule has 1 rings (SSSR count). The van der Waals surface area contributed by atoms with Crippen LogP contribution in [-0.4, -0.2) is 17.3 Å². The summed E-state index contributed by atoms with van der Waals surface area (Å²) in [6, 6.07) is 6.27. The summed E-state index contributed by atoms with van der Waals surface area (Å²) in [4.78, 5) is 0. The van der Waals surface area contributed by atoms with Gasteiger partial charge >= 0.3 is 0 Å². The minimum atomic E-state index is -0.674. The van der Waals surface area contributed by atoms with E-state index in [9.17, 15) is 5.11 Å². The van der Waals surface area contributed by atoms with Gasteiger partial charge < -0.3 is 9.84 Å². The molecule has 0 aliphatic carbocycles. The lowest BCUT2D eigenvalue weighted by molar-refractivity contribution is 0.0551. The summed E-state index contributed by atoms with van der Waals surface area (Å²) in [6.07, 6.45) is 0.629. The lowest BCUT2D eigenvalue weighted by Crippen LogP contribution is -2.22. The van der Waals surface area contributed by atoms with Gasteiger partial charge in [-0.1, -0.05) is 38.5 Å². The molecule has 0 fully saturated rings. The summed E-state index contributed by atoms with van der Waals surface area (Å²) in [5, 5.41) is 9.69. The highest BCUT2D eigenvalue weighted by atomic mass is 16.5. The second kappa shape index (κ2) is 5.31. The molecular weight excluding hydrogens is 224 g/mol. The third-order valence-electron chi connectivity index (χ3n) is 2.91. The van der Waals surface area contributed by atoms with E-state index in [1.54, 1.807) is 13.8 Å². The number of hydrogen-bond acceptors (Lipinski definition) is 2. The summed E-state index contributed by atoms with van der Waals surface area (Å²) in [6.45, 7) is 12.8. The Hall–Kier alpha value is -1.02. The normalized spacial score (nSPS) is 12.6. The van der Waals surface area contributed by atoms with E-state index < -0.39 is 5.60 Å². The van der Waals surface area contributed by atoms with Crippen molar-refractivity contribution in [1.29, 1.82) is 0 Å². The zero-order chi connectivity index (χ0) is 14.0.